The first-order chi connectivity index (χ1) is 13.5. The Bertz CT molecular complexity index is 933. The van der Waals surface area contributed by atoms with Crippen LogP contribution in [0.4, 0.5) is 5.69 Å². The molecule has 0 unspecified atom stereocenters. The first-order valence-electron chi connectivity index (χ1n) is 9.31. The fraction of sp³-hybridized carbons (Fsp3) is 0.167. The van der Waals surface area contributed by atoms with Crippen LogP contribution in [0.3, 0.4) is 0 Å². The average molecular weight is 372 g/mol. The molecular weight excluding hydrogens is 348 g/mol. The van der Waals surface area contributed by atoms with Gasteiger partial charge >= 0.3 is 0 Å². The van der Waals surface area contributed by atoms with E-state index in [9.17, 15) is 9.59 Å². The minimum Gasteiger partial charge on any atom is -0.345 e. The maximum Gasteiger partial charge on any atom is 0.251 e. The van der Waals surface area contributed by atoms with Crippen LogP contribution in [-0.4, -0.2) is 11.8 Å². The molecule has 0 heterocycles. The molecule has 0 aromatic heterocycles. The number of carbonyl (C=O) groups is 2. The van der Waals surface area contributed by atoms with Gasteiger partial charge in [-0.1, -0.05) is 66.7 Å². The Morgan fingerprint density at radius 1 is 0.786 bits per heavy atom. The van der Waals surface area contributed by atoms with Crippen molar-refractivity contribution in [3.05, 3.63) is 101 Å². The summed E-state index contributed by atoms with van der Waals surface area (Å²) in [6.07, 6.45) is 0.149. The Morgan fingerprint density at radius 2 is 1.36 bits per heavy atom. The van der Waals surface area contributed by atoms with E-state index in [1.807, 2.05) is 80.6 Å². The third-order valence-electron chi connectivity index (χ3n) is 4.68. The van der Waals surface area contributed by atoms with Crippen molar-refractivity contribution in [1.29, 1.82) is 0 Å². The molecule has 0 bridgehead atoms. The van der Waals surface area contributed by atoms with Crippen LogP contribution in [-0.2, 0) is 4.79 Å². The molecule has 0 saturated heterocycles. The van der Waals surface area contributed by atoms with Gasteiger partial charge in [0, 0.05) is 11.3 Å². The van der Waals surface area contributed by atoms with E-state index in [4.69, 9.17) is 0 Å². The Balaban J connectivity index is 1.78. The first-order valence-corrected chi connectivity index (χ1v) is 9.31. The van der Waals surface area contributed by atoms with Gasteiger partial charge in [0.25, 0.3) is 5.91 Å². The molecule has 1 atom stereocenters. The van der Waals surface area contributed by atoms with Gasteiger partial charge in [0.1, 0.15) is 0 Å². The molecule has 28 heavy (non-hydrogen) atoms. The van der Waals surface area contributed by atoms with E-state index in [0.29, 0.717) is 5.56 Å². The van der Waals surface area contributed by atoms with E-state index < -0.39 is 6.04 Å². The average Bonchev–Trinajstić information content (AvgIpc) is 2.71. The van der Waals surface area contributed by atoms with Crippen LogP contribution in [0.1, 0.15) is 39.5 Å². The number of aryl methyl sites for hydroxylation is 2. The number of para-hydroxylation sites is 1. The van der Waals surface area contributed by atoms with Crippen LogP contribution >= 0.6 is 0 Å². The lowest BCUT2D eigenvalue weighted by atomic mass is 10.0. The van der Waals surface area contributed by atoms with Crippen LogP contribution in [0.15, 0.2) is 78.9 Å². The monoisotopic (exact) mass is 372 g/mol. The van der Waals surface area contributed by atoms with Crippen molar-refractivity contribution in [2.45, 2.75) is 26.3 Å². The molecule has 0 spiro atoms. The summed E-state index contributed by atoms with van der Waals surface area (Å²) in [5.74, 6) is -0.339. The zero-order chi connectivity index (χ0) is 19.9. The van der Waals surface area contributed by atoms with Crippen molar-refractivity contribution in [2.24, 2.45) is 0 Å². The van der Waals surface area contributed by atoms with Crippen molar-refractivity contribution in [2.75, 3.05) is 5.32 Å². The van der Waals surface area contributed by atoms with Crippen molar-refractivity contribution < 1.29 is 9.59 Å². The molecule has 2 amide bonds. The number of anilines is 1. The van der Waals surface area contributed by atoms with E-state index in [2.05, 4.69) is 10.6 Å². The summed E-state index contributed by atoms with van der Waals surface area (Å²) >= 11 is 0. The van der Waals surface area contributed by atoms with Crippen LogP contribution in [0.25, 0.3) is 0 Å². The van der Waals surface area contributed by atoms with Gasteiger partial charge in [0.2, 0.25) is 5.91 Å². The zero-order valence-electron chi connectivity index (χ0n) is 16.1. The SMILES string of the molecule is Cc1cccc(C)c1NC(=O)C[C@@H](NC(=O)c1ccccc1)c1ccccc1. The van der Waals surface area contributed by atoms with E-state index in [1.165, 1.54) is 0 Å². The van der Waals surface area contributed by atoms with Gasteiger partial charge in [-0.2, -0.15) is 0 Å². The summed E-state index contributed by atoms with van der Waals surface area (Å²) in [6, 6.07) is 24.1. The van der Waals surface area contributed by atoms with E-state index in [0.717, 1.165) is 22.4 Å². The molecule has 4 nitrogen and oxygen atoms in total. The highest BCUT2D eigenvalue weighted by atomic mass is 16.2. The van der Waals surface area contributed by atoms with Gasteiger partial charge in [-0.15, -0.1) is 0 Å². The van der Waals surface area contributed by atoms with Gasteiger partial charge in [0.15, 0.2) is 0 Å². The number of hydrogen-bond acceptors (Lipinski definition) is 2. The molecule has 0 aliphatic rings. The number of nitrogens with one attached hydrogen (secondary N) is 2. The molecule has 0 fully saturated rings. The lowest BCUT2D eigenvalue weighted by molar-refractivity contribution is -0.116. The predicted molar refractivity (Wildman–Crippen MR) is 112 cm³/mol. The van der Waals surface area contributed by atoms with Crippen molar-refractivity contribution >= 4 is 17.5 Å². The van der Waals surface area contributed by atoms with Gasteiger partial charge in [0.05, 0.1) is 12.5 Å². The fourth-order valence-corrected chi connectivity index (χ4v) is 3.16. The van der Waals surface area contributed by atoms with E-state index in [-0.39, 0.29) is 18.2 Å². The number of hydrogen-bond donors (Lipinski definition) is 2. The van der Waals surface area contributed by atoms with E-state index in [1.54, 1.807) is 12.1 Å². The molecule has 0 aliphatic heterocycles. The van der Waals surface area contributed by atoms with Crippen LogP contribution < -0.4 is 10.6 Å². The molecular formula is C24H24N2O2. The maximum atomic E-state index is 12.8. The largest absolute Gasteiger partial charge is 0.345 e. The summed E-state index contributed by atoms with van der Waals surface area (Å²) in [5.41, 5.74) is 4.31. The molecule has 142 valence electrons. The summed E-state index contributed by atoms with van der Waals surface area (Å²) in [4.78, 5) is 25.4. The first kappa shape index (κ1) is 19.4. The topological polar surface area (TPSA) is 58.2 Å². The smallest absolute Gasteiger partial charge is 0.251 e. The quantitative estimate of drug-likeness (QED) is 0.653. The van der Waals surface area contributed by atoms with E-state index >= 15 is 0 Å². The molecule has 3 aromatic carbocycles. The second-order valence-corrected chi connectivity index (χ2v) is 6.82. The minimum absolute atomic E-state index is 0.139. The van der Waals surface area contributed by atoms with Crippen molar-refractivity contribution in [1.82, 2.24) is 5.32 Å². The number of carbonyl (C=O) groups excluding carboxylic acids is 2. The Hall–Kier alpha value is -3.40. The molecule has 4 heteroatoms. The molecule has 3 aromatic rings. The highest BCUT2D eigenvalue weighted by molar-refractivity contribution is 5.96. The normalized spacial score (nSPS) is 11.5. The Morgan fingerprint density at radius 3 is 1.96 bits per heavy atom. The summed E-state index contributed by atoms with van der Waals surface area (Å²) in [7, 11) is 0. The Labute approximate surface area is 165 Å². The molecule has 3 rings (SSSR count). The van der Waals surface area contributed by atoms with Crippen LogP contribution in [0.2, 0.25) is 0 Å². The predicted octanol–water partition coefficient (Wildman–Crippen LogP) is 4.80. The van der Waals surface area contributed by atoms with Crippen molar-refractivity contribution in [3.63, 3.8) is 0 Å². The molecule has 0 saturated carbocycles. The highest BCUT2D eigenvalue weighted by Crippen LogP contribution is 2.22. The second kappa shape index (κ2) is 9.00. The molecule has 0 aliphatic carbocycles. The highest BCUT2D eigenvalue weighted by Gasteiger charge is 2.20. The van der Waals surface area contributed by atoms with Crippen molar-refractivity contribution in [3.8, 4) is 0 Å². The lowest BCUT2D eigenvalue weighted by Gasteiger charge is -2.20. The Kier molecular flexibility index (Phi) is 6.22. The van der Waals surface area contributed by atoms with Gasteiger partial charge in [-0.05, 0) is 42.7 Å². The van der Waals surface area contributed by atoms with Crippen LogP contribution in [0, 0.1) is 13.8 Å². The number of amides is 2. The fourth-order valence-electron chi connectivity index (χ4n) is 3.16. The van der Waals surface area contributed by atoms with Crippen LogP contribution in [0.5, 0.6) is 0 Å². The zero-order valence-corrected chi connectivity index (χ0v) is 16.1. The number of benzene rings is 3. The maximum absolute atomic E-state index is 12.8. The van der Waals surface area contributed by atoms with Gasteiger partial charge < -0.3 is 10.6 Å². The molecule has 0 radical (unpaired) electrons. The summed E-state index contributed by atoms with van der Waals surface area (Å²) in [5, 5.41) is 6.00. The minimum atomic E-state index is -0.418. The van der Waals surface area contributed by atoms with Gasteiger partial charge in [-0.3, -0.25) is 9.59 Å². The third-order valence-corrected chi connectivity index (χ3v) is 4.68. The van der Waals surface area contributed by atoms with Gasteiger partial charge in [-0.25, -0.2) is 0 Å². The standard InChI is InChI=1S/C24H24N2O2/c1-17-10-9-11-18(2)23(17)26-22(27)16-21(19-12-5-3-6-13-19)25-24(28)20-14-7-4-8-15-20/h3-15,21H,16H2,1-2H3,(H,25,28)(H,26,27)/t21-/m1/s1. The summed E-state index contributed by atoms with van der Waals surface area (Å²) in [6.45, 7) is 3.93. The molecule has 2 N–H and O–H groups in total. The number of rotatable bonds is 6. The summed E-state index contributed by atoms with van der Waals surface area (Å²) < 4.78 is 0. The third kappa shape index (κ3) is 4.86. The second-order valence-electron chi connectivity index (χ2n) is 6.82. The lowest BCUT2D eigenvalue weighted by Crippen LogP contribution is -2.31.